The molecule has 2 N–H and O–H groups in total. The van der Waals surface area contributed by atoms with E-state index in [1.165, 1.54) is 0 Å². The Labute approximate surface area is 184 Å². The molecule has 6 heteroatoms. The van der Waals surface area contributed by atoms with Gasteiger partial charge in [0.2, 0.25) is 0 Å². The summed E-state index contributed by atoms with van der Waals surface area (Å²) >= 11 is 0. The number of benzene rings is 1. The van der Waals surface area contributed by atoms with Crippen LogP contribution in [-0.2, 0) is 6.42 Å². The smallest absolute Gasteiger partial charge is 0.252 e. The molecule has 1 aromatic carbocycles. The number of nitrogens with zero attached hydrogens (tertiary/aromatic N) is 3. The van der Waals surface area contributed by atoms with Gasteiger partial charge < -0.3 is 15.3 Å². The lowest BCUT2D eigenvalue weighted by molar-refractivity contribution is 0.0854. The van der Waals surface area contributed by atoms with Crippen LogP contribution in [-0.4, -0.2) is 58.2 Å². The average Bonchev–Trinajstić information content (AvgIpc) is 2.79. The first kappa shape index (κ1) is 22.8. The standard InChI is InChI=1S/C25H32N4O2/c1-19(2)10-13-29(14-11-22-8-5-6-12-26-22)18-23(30)17-28-25(31)21-15-20-7-3-4-9-24(20)27-16-21/h3-9,12,15-16,19,23,30H,10-11,13-14,17-18H2,1-2H3,(H,28,31). The largest absolute Gasteiger partial charge is 0.390 e. The Balaban J connectivity index is 1.52. The molecule has 0 bridgehead atoms. The zero-order chi connectivity index (χ0) is 22.1. The number of pyridine rings is 2. The molecule has 1 amide bonds. The number of aromatic nitrogens is 2. The van der Waals surface area contributed by atoms with Crippen LogP contribution >= 0.6 is 0 Å². The molecule has 0 radical (unpaired) electrons. The maximum atomic E-state index is 12.5. The van der Waals surface area contributed by atoms with Crippen LogP contribution < -0.4 is 5.32 Å². The fourth-order valence-electron chi connectivity index (χ4n) is 3.42. The highest BCUT2D eigenvalue weighted by Crippen LogP contribution is 2.12. The van der Waals surface area contributed by atoms with Gasteiger partial charge in [0.05, 0.1) is 17.2 Å². The first-order chi connectivity index (χ1) is 15.0. The van der Waals surface area contributed by atoms with Crippen molar-refractivity contribution in [3.63, 3.8) is 0 Å². The monoisotopic (exact) mass is 420 g/mol. The van der Waals surface area contributed by atoms with Crippen LogP contribution in [0.4, 0.5) is 0 Å². The summed E-state index contributed by atoms with van der Waals surface area (Å²) in [5.74, 6) is 0.370. The highest BCUT2D eigenvalue weighted by molar-refractivity contribution is 5.97. The maximum absolute atomic E-state index is 12.5. The molecule has 1 unspecified atom stereocenters. The summed E-state index contributed by atoms with van der Waals surface area (Å²) in [7, 11) is 0. The molecule has 164 valence electrons. The van der Waals surface area contributed by atoms with Crippen molar-refractivity contribution in [2.45, 2.75) is 32.8 Å². The molecule has 0 fully saturated rings. The molecule has 0 spiro atoms. The molecule has 2 heterocycles. The van der Waals surface area contributed by atoms with E-state index in [9.17, 15) is 9.90 Å². The quantitative estimate of drug-likeness (QED) is 0.498. The van der Waals surface area contributed by atoms with Gasteiger partial charge in [-0.15, -0.1) is 0 Å². The number of nitrogens with one attached hydrogen (secondary N) is 1. The third kappa shape index (κ3) is 7.42. The normalized spacial score (nSPS) is 12.4. The van der Waals surface area contributed by atoms with Gasteiger partial charge in [-0.25, -0.2) is 0 Å². The Morgan fingerprint density at radius 2 is 1.90 bits per heavy atom. The van der Waals surface area contributed by atoms with Crippen molar-refractivity contribution in [2.24, 2.45) is 5.92 Å². The van der Waals surface area contributed by atoms with E-state index in [-0.39, 0.29) is 12.5 Å². The summed E-state index contributed by atoms with van der Waals surface area (Å²) in [6.45, 7) is 6.84. The maximum Gasteiger partial charge on any atom is 0.252 e. The van der Waals surface area contributed by atoms with E-state index in [4.69, 9.17) is 0 Å². The van der Waals surface area contributed by atoms with Gasteiger partial charge in [-0.1, -0.05) is 38.1 Å². The minimum Gasteiger partial charge on any atom is -0.390 e. The molecule has 31 heavy (non-hydrogen) atoms. The second-order valence-electron chi connectivity index (χ2n) is 8.33. The van der Waals surface area contributed by atoms with Crippen LogP contribution in [0.5, 0.6) is 0 Å². The van der Waals surface area contributed by atoms with E-state index in [1.807, 2.05) is 48.5 Å². The minimum atomic E-state index is -0.645. The summed E-state index contributed by atoms with van der Waals surface area (Å²) in [5.41, 5.74) is 2.40. The Bertz CT molecular complexity index is 962. The lowest BCUT2D eigenvalue weighted by atomic mass is 10.1. The number of hydrogen-bond acceptors (Lipinski definition) is 5. The van der Waals surface area contributed by atoms with Gasteiger partial charge in [-0.3, -0.25) is 14.8 Å². The number of carbonyl (C=O) groups is 1. The van der Waals surface area contributed by atoms with Gasteiger partial charge in [0.1, 0.15) is 0 Å². The fourth-order valence-corrected chi connectivity index (χ4v) is 3.42. The minimum absolute atomic E-state index is 0.202. The number of rotatable bonds is 11. The average molecular weight is 421 g/mol. The van der Waals surface area contributed by atoms with Gasteiger partial charge in [0.25, 0.3) is 5.91 Å². The van der Waals surface area contributed by atoms with Gasteiger partial charge in [-0.05, 0) is 43.1 Å². The predicted molar refractivity (Wildman–Crippen MR) is 124 cm³/mol. The summed E-state index contributed by atoms with van der Waals surface area (Å²) in [6, 6.07) is 15.4. The van der Waals surface area contributed by atoms with Crippen LogP contribution in [0.15, 0.2) is 60.9 Å². The van der Waals surface area contributed by atoms with Crippen molar-refractivity contribution in [1.82, 2.24) is 20.2 Å². The fraction of sp³-hybridized carbons (Fsp3) is 0.400. The summed E-state index contributed by atoms with van der Waals surface area (Å²) in [5, 5.41) is 14.3. The molecular weight excluding hydrogens is 388 g/mol. The van der Waals surface area contributed by atoms with Crippen molar-refractivity contribution in [3.05, 3.63) is 72.2 Å². The van der Waals surface area contributed by atoms with E-state index in [2.05, 4.69) is 34.0 Å². The summed E-state index contributed by atoms with van der Waals surface area (Å²) in [4.78, 5) is 23.5. The highest BCUT2D eigenvalue weighted by atomic mass is 16.3. The van der Waals surface area contributed by atoms with Gasteiger partial charge in [0.15, 0.2) is 0 Å². The number of aliphatic hydroxyl groups is 1. The van der Waals surface area contributed by atoms with Gasteiger partial charge in [-0.2, -0.15) is 0 Å². The van der Waals surface area contributed by atoms with Crippen LogP contribution in [0.1, 0.15) is 36.3 Å². The molecule has 3 rings (SSSR count). The Morgan fingerprint density at radius 3 is 2.68 bits per heavy atom. The second kappa shape index (κ2) is 11.5. The molecule has 1 atom stereocenters. The number of aliphatic hydroxyl groups excluding tert-OH is 1. The van der Waals surface area contributed by atoms with E-state index in [0.717, 1.165) is 42.5 Å². The van der Waals surface area contributed by atoms with Crippen molar-refractivity contribution >= 4 is 16.8 Å². The molecule has 0 aliphatic carbocycles. The van der Waals surface area contributed by atoms with Crippen LogP contribution in [0.25, 0.3) is 10.9 Å². The van der Waals surface area contributed by atoms with E-state index in [1.54, 1.807) is 12.4 Å². The third-order valence-corrected chi connectivity index (χ3v) is 5.25. The van der Waals surface area contributed by atoms with Crippen LogP contribution in [0.2, 0.25) is 0 Å². The number of para-hydroxylation sites is 1. The molecule has 0 aliphatic rings. The zero-order valence-electron chi connectivity index (χ0n) is 18.4. The molecule has 0 saturated carbocycles. The molecular formula is C25H32N4O2. The van der Waals surface area contributed by atoms with Crippen molar-refractivity contribution in [2.75, 3.05) is 26.2 Å². The first-order valence-electron chi connectivity index (χ1n) is 10.9. The number of carbonyl (C=O) groups excluding carboxylic acids is 1. The highest BCUT2D eigenvalue weighted by Gasteiger charge is 2.15. The summed E-state index contributed by atoms with van der Waals surface area (Å²) < 4.78 is 0. The number of amides is 1. The summed E-state index contributed by atoms with van der Waals surface area (Å²) in [6.07, 6.45) is 4.63. The van der Waals surface area contributed by atoms with E-state index in [0.29, 0.717) is 18.0 Å². The SMILES string of the molecule is CC(C)CCN(CCc1ccccn1)CC(O)CNC(=O)c1cnc2ccccc2c1. The predicted octanol–water partition coefficient (Wildman–Crippen LogP) is 3.31. The Hall–Kier alpha value is -2.83. The topological polar surface area (TPSA) is 78.4 Å². The molecule has 3 aromatic rings. The molecule has 6 nitrogen and oxygen atoms in total. The molecule has 2 aromatic heterocycles. The lowest BCUT2D eigenvalue weighted by Gasteiger charge is -2.26. The molecule has 0 saturated heterocycles. The van der Waals surface area contributed by atoms with Crippen molar-refractivity contribution < 1.29 is 9.90 Å². The Morgan fingerprint density at radius 1 is 1.10 bits per heavy atom. The van der Waals surface area contributed by atoms with E-state index < -0.39 is 6.10 Å². The van der Waals surface area contributed by atoms with Crippen LogP contribution in [0.3, 0.4) is 0 Å². The van der Waals surface area contributed by atoms with Crippen molar-refractivity contribution in [1.29, 1.82) is 0 Å². The number of fused-ring (bicyclic) bond motifs is 1. The third-order valence-electron chi connectivity index (χ3n) is 5.25. The van der Waals surface area contributed by atoms with Gasteiger partial charge >= 0.3 is 0 Å². The van der Waals surface area contributed by atoms with Crippen molar-refractivity contribution in [3.8, 4) is 0 Å². The first-order valence-corrected chi connectivity index (χ1v) is 10.9. The van der Waals surface area contributed by atoms with Gasteiger partial charge in [0, 0.05) is 49.5 Å². The zero-order valence-corrected chi connectivity index (χ0v) is 18.4. The molecule has 0 aliphatic heterocycles. The second-order valence-corrected chi connectivity index (χ2v) is 8.33. The van der Waals surface area contributed by atoms with E-state index >= 15 is 0 Å². The Kier molecular flexibility index (Phi) is 8.50. The number of hydrogen-bond donors (Lipinski definition) is 2. The lowest BCUT2D eigenvalue weighted by Crippen LogP contribution is -2.41. The van der Waals surface area contributed by atoms with Crippen LogP contribution in [0, 0.1) is 5.92 Å².